The molecule has 0 fully saturated rings. The Morgan fingerprint density at radius 2 is 1.90 bits per heavy atom. The highest BCUT2D eigenvalue weighted by molar-refractivity contribution is 8.02. The maximum Gasteiger partial charge on any atom is 0.446 e. The van der Waals surface area contributed by atoms with Gasteiger partial charge in [0, 0.05) is 5.56 Å². The van der Waals surface area contributed by atoms with Crippen LogP contribution in [0.5, 0.6) is 0 Å². The fourth-order valence-corrected chi connectivity index (χ4v) is 2.04. The standard InChI is InChI=1S/C10H6F5N5S/c1-5-8(20-4-16-2-19-20)17-3-18-9(5)21-7(12)6(11)10(13,14)15/h2-4H,1H3/b7-6-. The minimum Gasteiger partial charge on any atom is -0.229 e. The molecule has 0 aromatic carbocycles. The molecule has 5 nitrogen and oxygen atoms in total. The van der Waals surface area contributed by atoms with Crippen molar-refractivity contribution in [3.8, 4) is 5.82 Å². The van der Waals surface area contributed by atoms with Crippen LogP contribution in [0.3, 0.4) is 0 Å². The molecule has 0 N–H and O–H groups in total. The molecule has 0 aliphatic carbocycles. The van der Waals surface area contributed by atoms with Gasteiger partial charge in [-0.3, -0.25) is 0 Å². The maximum atomic E-state index is 13.3. The van der Waals surface area contributed by atoms with Crippen LogP contribution in [0, 0.1) is 6.92 Å². The van der Waals surface area contributed by atoms with Crippen molar-refractivity contribution in [1.82, 2.24) is 24.7 Å². The van der Waals surface area contributed by atoms with Gasteiger partial charge < -0.3 is 0 Å². The van der Waals surface area contributed by atoms with Crippen molar-refractivity contribution in [2.75, 3.05) is 0 Å². The molecule has 0 radical (unpaired) electrons. The van der Waals surface area contributed by atoms with Crippen LogP contribution in [0.2, 0.25) is 0 Å². The van der Waals surface area contributed by atoms with E-state index in [4.69, 9.17) is 0 Å². The normalized spacial score (nSPS) is 13.2. The highest BCUT2D eigenvalue weighted by Gasteiger charge is 2.38. The Labute approximate surface area is 118 Å². The monoisotopic (exact) mass is 323 g/mol. The van der Waals surface area contributed by atoms with E-state index in [2.05, 4.69) is 20.1 Å². The van der Waals surface area contributed by atoms with Crippen LogP contribution >= 0.6 is 11.8 Å². The largest absolute Gasteiger partial charge is 0.446 e. The number of halogens is 5. The molecule has 0 saturated carbocycles. The predicted octanol–water partition coefficient (Wildman–Crippen LogP) is 3.13. The van der Waals surface area contributed by atoms with E-state index in [1.54, 1.807) is 0 Å². The van der Waals surface area contributed by atoms with Crippen LogP contribution in [0.25, 0.3) is 5.82 Å². The van der Waals surface area contributed by atoms with Crippen molar-refractivity contribution in [3.63, 3.8) is 0 Å². The van der Waals surface area contributed by atoms with E-state index >= 15 is 0 Å². The molecular weight excluding hydrogens is 317 g/mol. The van der Waals surface area contributed by atoms with Crippen molar-refractivity contribution in [2.45, 2.75) is 18.1 Å². The second-order valence-electron chi connectivity index (χ2n) is 3.65. The lowest BCUT2D eigenvalue weighted by Gasteiger charge is -2.08. The fourth-order valence-electron chi connectivity index (χ4n) is 1.32. The lowest BCUT2D eigenvalue weighted by atomic mass is 10.3. The average Bonchev–Trinajstić information content (AvgIpc) is 2.93. The number of alkyl halides is 3. The van der Waals surface area contributed by atoms with Gasteiger partial charge in [0.15, 0.2) is 5.82 Å². The Balaban J connectivity index is 2.37. The Morgan fingerprint density at radius 1 is 1.19 bits per heavy atom. The SMILES string of the molecule is Cc1c(S/C(F)=C(\F)C(F)(F)F)ncnc1-n1cncn1. The minimum absolute atomic E-state index is 0.0781. The van der Waals surface area contributed by atoms with Crippen LogP contribution in [0.1, 0.15) is 5.56 Å². The van der Waals surface area contributed by atoms with E-state index in [0.29, 0.717) is 0 Å². The highest BCUT2D eigenvalue weighted by atomic mass is 32.2. The van der Waals surface area contributed by atoms with Crippen molar-refractivity contribution >= 4 is 11.8 Å². The van der Waals surface area contributed by atoms with E-state index < -0.39 is 17.2 Å². The second kappa shape index (κ2) is 5.76. The Morgan fingerprint density at radius 3 is 2.48 bits per heavy atom. The van der Waals surface area contributed by atoms with Gasteiger partial charge in [0.25, 0.3) is 0 Å². The average molecular weight is 323 g/mol. The van der Waals surface area contributed by atoms with Gasteiger partial charge in [-0.1, -0.05) is 0 Å². The maximum absolute atomic E-state index is 13.3. The molecule has 2 rings (SSSR count). The van der Waals surface area contributed by atoms with Gasteiger partial charge in [0.1, 0.15) is 24.0 Å². The summed E-state index contributed by atoms with van der Waals surface area (Å²) >= 11 is -0.0781. The number of hydrogen-bond donors (Lipinski definition) is 0. The number of rotatable bonds is 3. The molecule has 11 heteroatoms. The van der Waals surface area contributed by atoms with E-state index in [0.717, 1.165) is 6.33 Å². The summed E-state index contributed by atoms with van der Waals surface area (Å²) < 4.78 is 63.5. The zero-order valence-electron chi connectivity index (χ0n) is 10.3. The molecule has 0 unspecified atom stereocenters. The smallest absolute Gasteiger partial charge is 0.229 e. The lowest BCUT2D eigenvalue weighted by molar-refractivity contribution is -0.110. The fraction of sp³-hybridized carbons (Fsp3) is 0.200. The van der Waals surface area contributed by atoms with Gasteiger partial charge in [-0.2, -0.15) is 27.1 Å². The van der Waals surface area contributed by atoms with Gasteiger partial charge in [-0.15, -0.1) is 0 Å². The third kappa shape index (κ3) is 3.35. The van der Waals surface area contributed by atoms with Crippen molar-refractivity contribution in [2.24, 2.45) is 0 Å². The summed E-state index contributed by atoms with van der Waals surface area (Å²) in [5.41, 5.74) is 0.234. The van der Waals surface area contributed by atoms with Crippen LogP contribution in [0.15, 0.2) is 35.0 Å². The third-order valence-corrected chi connectivity index (χ3v) is 3.22. The summed E-state index contributed by atoms with van der Waals surface area (Å²) in [6.07, 6.45) is -1.86. The zero-order valence-corrected chi connectivity index (χ0v) is 11.1. The van der Waals surface area contributed by atoms with Crippen molar-refractivity contribution < 1.29 is 22.0 Å². The van der Waals surface area contributed by atoms with E-state index in [-0.39, 0.29) is 28.2 Å². The second-order valence-corrected chi connectivity index (χ2v) is 4.60. The molecule has 21 heavy (non-hydrogen) atoms. The molecule has 0 amide bonds. The molecular formula is C10H6F5N5S. The summed E-state index contributed by atoms with van der Waals surface area (Å²) in [6, 6.07) is 0. The van der Waals surface area contributed by atoms with Crippen LogP contribution in [-0.4, -0.2) is 30.9 Å². The first-order valence-corrected chi connectivity index (χ1v) is 6.09. The van der Waals surface area contributed by atoms with Gasteiger partial charge in [0.05, 0.1) is 0 Å². The van der Waals surface area contributed by atoms with Crippen molar-refractivity contribution in [1.29, 1.82) is 0 Å². The molecule has 0 aliphatic heterocycles. The molecule has 0 aliphatic rings. The van der Waals surface area contributed by atoms with Gasteiger partial charge in [-0.05, 0) is 18.7 Å². The predicted molar refractivity (Wildman–Crippen MR) is 62.8 cm³/mol. The highest BCUT2D eigenvalue weighted by Crippen LogP contribution is 2.38. The van der Waals surface area contributed by atoms with Crippen LogP contribution < -0.4 is 0 Å². The first kappa shape index (κ1) is 15.4. The van der Waals surface area contributed by atoms with Gasteiger partial charge in [-0.25, -0.2) is 19.6 Å². The number of thioether (sulfide) groups is 1. The third-order valence-electron chi connectivity index (χ3n) is 2.25. The number of allylic oxidation sites excluding steroid dienone is 1. The molecule has 0 bridgehead atoms. The Hall–Kier alpha value is -2.04. The Bertz CT molecular complexity index is 667. The first-order valence-electron chi connectivity index (χ1n) is 5.27. The number of hydrogen-bond acceptors (Lipinski definition) is 5. The Kier molecular flexibility index (Phi) is 4.21. The van der Waals surface area contributed by atoms with Crippen LogP contribution in [0.4, 0.5) is 22.0 Å². The van der Waals surface area contributed by atoms with E-state index in [1.807, 2.05) is 0 Å². The topological polar surface area (TPSA) is 56.5 Å². The van der Waals surface area contributed by atoms with Crippen LogP contribution in [-0.2, 0) is 0 Å². The summed E-state index contributed by atoms with van der Waals surface area (Å²) in [5.74, 6) is -2.60. The minimum atomic E-state index is -5.38. The zero-order chi connectivity index (χ0) is 15.6. The molecule has 112 valence electrons. The van der Waals surface area contributed by atoms with E-state index in [9.17, 15) is 22.0 Å². The molecule has 2 heterocycles. The molecule has 0 atom stereocenters. The number of aromatic nitrogens is 5. The van der Waals surface area contributed by atoms with Crippen molar-refractivity contribution in [3.05, 3.63) is 35.5 Å². The molecule has 0 spiro atoms. The van der Waals surface area contributed by atoms with E-state index in [1.165, 1.54) is 24.3 Å². The quantitative estimate of drug-likeness (QED) is 0.493. The first-order chi connectivity index (χ1) is 9.80. The summed E-state index contributed by atoms with van der Waals surface area (Å²) in [7, 11) is 0. The molecule has 2 aromatic heterocycles. The van der Waals surface area contributed by atoms with Gasteiger partial charge >= 0.3 is 6.18 Å². The summed E-state index contributed by atoms with van der Waals surface area (Å²) in [5, 5.41) is 1.61. The van der Waals surface area contributed by atoms with Gasteiger partial charge in [0.2, 0.25) is 11.0 Å². The molecule has 2 aromatic rings. The number of nitrogens with zero attached hydrogens (tertiary/aromatic N) is 5. The lowest BCUT2D eigenvalue weighted by Crippen LogP contribution is -2.09. The molecule has 0 saturated heterocycles. The summed E-state index contributed by atoms with van der Waals surface area (Å²) in [4.78, 5) is 11.2. The summed E-state index contributed by atoms with van der Waals surface area (Å²) in [6.45, 7) is 1.44.